The molecule has 24 heavy (non-hydrogen) atoms. The number of aromatic nitrogens is 1. The molecule has 3 rings (SSSR count). The highest BCUT2D eigenvalue weighted by atomic mass is 35.5. The van der Waals surface area contributed by atoms with E-state index in [2.05, 4.69) is 16.0 Å². The Bertz CT molecular complexity index is 653. The molecule has 1 N–H and O–H groups in total. The van der Waals surface area contributed by atoms with Gasteiger partial charge >= 0.3 is 0 Å². The van der Waals surface area contributed by atoms with Gasteiger partial charge in [-0.15, -0.1) is 0 Å². The van der Waals surface area contributed by atoms with Gasteiger partial charge in [0.1, 0.15) is 12.4 Å². The second kappa shape index (κ2) is 7.97. The zero-order valence-corrected chi connectivity index (χ0v) is 14.5. The van der Waals surface area contributed by atoms with Gasteiger partial charge < -0.3 is 9.84 Å². The van der Waals surface area contributed by atoms with Crippen LogP contribution in [-0.4, -0.2) is 40.3 Å². The smallest absolute Gasteiger partial charge is 0.120 e. The van der Waals surface area contributed by atoms with Crippen molar-refractivity contribution in [1.82, 2.24) is 9.88 Å². The Labute approximate surface area is 148 Å². The third kappa shape index (κ3) is 4.94. The minimum atomic E-state index is -0.786. The molecular formula is C19H23ClN2O2. The fraction of sp³-hybridized carbons (Fsp3) is 0.421. The van der Waals surface area contributed by atoms with Crippen molar-refractivity contribution >= 4 is 11.6 Å². The number of likely N-dealkylation sites (tertiary alicyclic amines) is 1. The molecule has 1 fully saturated rings. The molecule has 4 nitrogen and oxygen atoms in total. The van der Waals surface area contributed by atoms with Crippen LogP contribution in [0.1, 0.15) is 24.8 Å². The van der Waals surface area contributed by atoms with Crippen LogP contribution in [0.15, 0.2) is 48.8 Å². The highest BCUT2D eigenvalue weighted by molar-refractivity contribution is 6.30. The minimum Gasteiger partial charge on any atom is -0.491 e. The van der Waals surface area contributed by atoms with E-state index in [9.17, 15) is 5.11 Å². The lowest BCUT2D eigenvalue weighted by molar-refractivity contribution is -0.0168. The zero-order valence-electron chi connectivity index (χ0n) is 13.7. The SMILES string of the molecule is OC1(COc2cccc(Cl)c2)CCCN(Cc2cccnc2)CC1. The monoisotopic (exact) mass is 346 g/mol. The third-order valence-corrected chi connectivity index (χ3v) is 4.68. The molecule has 1 aliphatic heterocycles. The summed E-state index contributed by atoms with van der Waals surface area (Å²) in [5.74, 6) is 0.701. The number of halogens is 1. The first kappa shape index (κ1) is 17.2. The maximum absolute atomic E-state index is 10.9. The summed E-state index contributed by atoms with van der Waals surface area (Å²) in [5, 5.41) is 11.5. The van der Waals surface area contributed by atoms with E-state index in [0.717, 1.165) is 32.5 Å². The average Bonchev–Trinajstić information content (AvgIpc) is 2.77. The van der Waals surface area contributed by atoms with Crippen LogP contribution in [0.5, 0.6) is 5.75 Å². The predicted molar refractivity (Wildman–Crippen MR) is 95.3 cm³/mol. The molecule has 1 aromatic heterocycles. The second-order valence-electron chi connectivity index (χ2n) is 6.46. The van der Waals surface area contributed by atoms with E-state index >= 15 is 0 Å². The van der Waals surface area contributed by atoms with Crippen molar-refractivity contribution in [3.05, 3.63) is 59.4 Å². The van der Waals surface area contributed by atoms with E-state index in [4.69, 9.17) is 16.3 Å². The number of benzene rings is 1. The van der Waals surface area contributed by atoms with Crippen LogP contribution >= 0.6 is 11.6 Å². The first-order valence-electron chi connectivity index (χ1n) is 8.35. The molecule has 1 saturated heterocycles. The maximum Gasteiger partial charge on any atom is 0.120 e. The molecule has 0 saturated carbocycles. The van der Waals surface area contributed by atoms with Crippen LogP contribution in [0.25, 0.3) is 0 Å². The largest absolute Gasteiger partial charge is 0.491 e. The van der Waals surface area contributed by atoms with Gasteiger partial charge in [0.25, 0.3) is 0 Å². The molecule has 0 spiro atoms. The number of hydrogen-bond acceptors (Lipinski definition) is 4. The van der Waals surface area contributed by atoms with Crippen LogP contribution in [0.4, 0.5) is 0 Å². The molecule has 0 aliphatic carbocycles. The number of aliphatic hydroxyl groups is 1. The van der Waals surface area contributed by atoms with Crippen molar-refractivity contribution in [3.63, 3.8) is 0 Å². The summed E-state index contributed by atoms with van der Waals surface area (Å²) in [5.41, 5.74) is 0.421. The Morgan fingerprint density at radius 3 is 2.92 bits per heavy atom. The molecule has 0 bridgehead atoms. The van der Waals surface area contributed by atoms with Gasteiger partial charge in [-0.25, -0.2) is 0 Å². The van der Waals surface area contributed by atoms with E-state index in [-0.39, 0.29) is 0 Å². The van der Waals surface area contributed by atoms with Gasteiger partial charge in [-0.3, -0.25) is 9.88 Å². The number of hydrogen-bond donors (Lipinski definition) is 1. The quantitative estimate of drug-likeness (QED) is 0.899. The Hall–Kier alpha value is -1.62. The fourth-order valence-electron chi connectivity index (χ4n) is 3.06. The summed E-state index contributed by atoms with van der Waals surface area (Å²) in [6, 6.07) is 11.3. The van der Waals surface area contributed by atoms with E-state index in [0.29, 0.717) is 23.8 Å². The van der Waals surface area contributed by atoms with Gasteiger partial charge in [-0.1, -0.05) is 23.7 Å². The standard InChI is InChI=1S/C19H23ClN2O2/c20-17-5-1-6-18(12-17)24-15-19(23)7-3-10-22(11-8-19)14-16-4-2-9-21-13-16/h1-2,4-6,9,12-13,23H,3,7-8,10-11,14-15H2. The number of ether oxygens (including phenoxy) is 1. The molecule has 2 heterocycles. The van der Waals surface area contributed by atoms with Gasteiger partial charge in [-0.05, 0) is 55.6 Å². The van der Waals surface area contributed by atoms with E-state index in [1.165, 1.54) is 5.56 Å². The highest BCUT2D eigenvalue weighted by Crippen LogP contribution is 2.25. The first-order valence-corrected chi connectivity index (χ1v) is 8.73. The van der Waals surface area contributed by atoms with Gasteiger partial charge in [0.15, 0.2) is 0 Å². The third-order valence-electron chi connectivity index (χ3n) is 4.44. The minimum absolute atomic E-state index is 0.300. The summed E-state index contributed by atoms with van der Waals surface area (Å²) in [6.45, 7) is 3.01. The summed E-state index contributed by atoms with van der Waals surface area (Å²) in [6.07, 6.45) is 6.10. The van der Waals surface area contributed by atoms with Crippen LogP contribution < -0.4 is 4.74 Å². The van der Waals surface area contributed by atoms with Crippen molar-refractivity contribution in [3.8, 4) is 5.75 Å². The molecule has 1 unspecified atom stereocenters. The molecule has 1 aromatic carbocycles. The van der Waals surface area contributed by atoms with Gasteiger partial charge in [0, 0.05) is 30.5 Å². The van der Waals surface area contributed by atoms with Crippen molar-refractivity contribution in [2.45, 2.75) is 31.4 Å². The fourth-order valence-corrected chi connectivity index (χ4v) is 3.24. The first-order chi connectivity index (χ1) is 11.6. The predicted octanol–water partition coefficient (Wildman–Crippen LogP) is 3.53. The van der Waals surface area contributed by atoms with Crippen molar-refractivity contribution in [2.75, 3.05) is 19.7 Å². The average molecular weight is 347 g/mol. The van der Waals surface area contributed by atoms with Crippen LogP contribution in [0.2, 0.25) is 5.02 Å². The van der Waals surface area contributed by atoms with Crippen LogP contribution in [0, 0.1) is 0 Å². The molecule has 1 aliphatic rings. The number of nitrogens with zero attached hydrogens (tertiary/aromatic N) is 2. The highest BCUT2D eigenvalue weighted by Gasteiger charge is 2.31. The lowest BCUT2D eigenvalue weighted by Crippen LogP contribution is -2.37. The number of rotatable bonds is 5. The van der Waals surface area contributed by atoms with Crippen molar-refractivity contribution in [2.24, 2.45) is 0 Å². The molecule has 0 radical (unpaired) electrons. The normalized spacial score (nSPS) is 22.1. The van der Waals surface area contributed by atoms with Gasteiger partial charge in [0.2, 0.25) is 0 Å². The molecular weight excluding hydrogens is 324 g/mol. The Balaban J connectivity index is 1.53. The van der Waals surface area contributed by atoms with E-state index in [1.807, 2.05) is 30.5 Å². The number of pyridine rings is 1. The van der Waals surface area contributed by atoms with Gasteiger partial charge in [-0.2, -0.15) is 0 Å². The molecule has 5 heteroatoms. The molecule has 0 amide bonds. The van der Waals surface area contributed by atoms with Crippen LogP contribution in [-0.2, 0) is 6.54 Å². The lowest BCUT2D eigenvalue weighted by Gasteiger charge is -2.27. The van der Waals surface area contributed by atoms with E-state index in [1.54, 1.807) is 12.3 Å². The van der Waals surface area contributed by atoms with Crippen molar-refractivity contribution < 1.29 is 9.84 Å². The summed E-state index contributed by atoms with van der Waals surface area (Å²) < 4.78 is 5.78. The summed E-state index contributed by atoms with van der Waals surface area (Å²) in [4.78, 5) is 6.53. The molecule has 2 aromatic rings. The van der Waals surface area contributed by atoms with Crippen molar-refractivity contribution in [1.29, 1.82) is 0 Å². The molecule has 1 atom stereocenters. The lowest BCUT2D eigenvalue weighted by atomic mass is 9.96. The Kier molecular flexibility index (Phi) is 5.72. The zero-order chi connectivity index (χ0) is 16.8. The van der Waals surface area contributed by atoms with E-state index < -0.39 is 5.60 Å². The summed E-state index contributed by atoms with van der Waals surface area (Å²) >= 11 is 5.97. The second-order valence-corrected chi connectivity index (χ2v) is 6.90. The Morgan fingerprint density at radius 1 is 1.21 bits per heavy atom. The van der Waals surface area contributed by atoms with Gasteiger partial charge in [0.05, 0.1) is 5.60 Å². The summed E-state index contributed by atoms with van der Waals surface area (Å²) in [7, 11) is 0. The molecule has 128 valence electrons. The Morgan fingerprint density at radius 2 is 2.12 bits per heavy atom. The maximum atomic E-state index is 10.9. The topological polar surface area (TPSA) is 45.6 Å². The van der Waals surface area contributed by atoms with Crippen LogP contribution in [0.3, 0.4) is 0 Å².